The highest BCUT2D eigenvalue weighted by atomic mass is 32.2. The van der Waals surface area contributed by atoms with Crippen molar-refractivity contribution in [2.75, 3.05) is 59.4 Å². The highest BCUT2D eigenvalue weighted by Crippen LogP contribution is 2.31. The molecule has 0 radical (unpaired) electrons. The highest BCUT2D eigenvalue weighted by molar-refractivity contribution is 7.89. The van der Waals surface area contributed by atoms with Gasteiger partial charge in [-0.2, -0.15) is 4.31 Å². The monoisotopic (exact) mass is 435 g/mol. The molecule has 0 atom stereocenters. The van der Waals surface area contributed by atoms with Crippen molar-refractivity contribution >= 4 is 21.7 Å². The van der Waals surface area contributed by atoms with E-state index in [-0.39, 0.29) is 48.4 Å². The van der Waals surface area contributed by atoms with E-state index in [9.17, 15) is 13.2 Å². The minimum Gasteiger partial charge on any atom is -0.497 e. The van der Waals surface area contributed by atoms with Gasteiger partial charge in [0.1, 0.15) is 16.4 Å². The van der Waals surface area contributed by atoms with Gasteiger partial charge >= 0.3 is 0 Å². The summed E-state index contributed by atoms with van der Waals surface area (Å²) in [6.45, 7) is 0.832. The van der Waals surface area contributed by atoms with Gasteiger partial charge in [0.15, 0.2) is 11.5 Å². The molecule has 2 heterocycles. The fourth-order valence-electron chi connectivity index (χ4n) is 3.10. The summed E-state index contributed by atoms with van der Waals surface area (Å²) in [4.78, 5) is 16.1. The zero-order valence-electron chi connectivity index (χ0n) is 17.4. The van der Waals surface area contributed by atoms with Crippen molar-refractivity contribution < 1.29 is 22.7 Å². The SMILES string of the molecule is COc1ccc(OC)c(S(=O)(=O)N2CCN(C(=O)c3ccc(N(C)C)nn3)CC2)c1. The second kappa shape index (κ2) is 8.84. The average Bonchev–Trinajstić information content (AvgIpc) is 2.78. The molecule has 1 aliphatic rings. The van der Waals surface area contributed by atoms with Gasteiger partial charge in [-0.1, -0.05) is 0 Å². The standard InChI is InChI=1S/C19H25N5O5S/c1-22(2)18-8-6-15(20-21-18)19(25)23-9-11-24(12-10-23)30(26,27)17-13-14(28-3)5-7-16(17)29-4/h5-8,13H,9-12H2,1-4H3. The normalized spacial score (nSPS) is 15.0. The molecule has 3 rings (SSSR count). The van der Waals surface area contributed by atoms with Crippen molar-refractivity contribution in [3.8, 4) is 11.5 Å². The number of ether oxygens (including phenoxy) is 2. The van der Waals surface area contributed by atoms with E-state index < -0.39 is 10.0 Å². The molecule has 1 aliphatic heterocycles. The maximum absolute atomic E-state index is 13.1. The molecular formula is C19H25N5O5S. The van der Waals surface area contributed by atoms with Gasteiger partial charge in [-0.3, -0.25) is 4.79 Å². The Kier molecular flexibility index (Phi) is 6.42. The van der Waals surface area contributed by atoms with Crippen LogP contribution in [-0.2, 0) is 10.0 Å². The van der Waals surface area contributed by atoms with Crippen molar-refractivity contribution in [3.63, 3.8) is 0 Å². The van der Waals surface area contributed by atoms with Gasteiger partial charge in [0, 0.05) is 46.3 Å². The third-order valence-corrected chi connectivity index (χ3v) is 6.76. The van der Waals surface area contributed by atoms with Crippen LogP contribution in [-0.4, -0.2) is 88.2 Å². The number of piperazine rings is 1. The lowest BCUT2D eigenvalue weighted by molar-refractivity contribution is 0.0690. The number of benzene rings is 1. The van der Waals surface area contributed by atoms with Crippen LogP contribution in [0.2, 0.25) is 0 Å². The maximum Gasteiger partial charge on any atom is 0.274 e. The van der Waals surface area contributed by atoms with E-state index in [0.717, 1.165) is 0 Å². The summed E-state index contributed by atoms with van der Waals surface area (Å²) in [7, 11) is 2.75. The highest BCUT2D eigenvalue weighted by Gasteiger charge is 2.33. The number of carbonyl (C=O) groups excluding carboxylic acids is 1. The summed E-state index contributed by atoms with van der Waals surface area (Å²) in [6, 6.07) is 7.97. The van der Waals surface area contributed by atoms with E-state index >= 15 is 0 Å². The summed E-state index contributed by atoms with van der Waals surface area (Å²) < 4.78 is 38.0. The topological polar surface area (TPSA) is 105 Å². The molecule has 0 N–H and O–H groups in total. The number of sulfonamides is 1. The van der Waals surface area contributed by atoms with Gasteiger partial charge in [0.25, 0.3) is 5.91 Å². The first kappa shape index (κ1) is 21.8. The van der Waals surface area contributed by atoms with Crippen molar-refractivity contribution in [1.82, 2.24) is 19.4 Å². The molecule has 1 fully saturated rings. The van der Waals surface area contributed by atoms with E-state index in [0.29, 0.717) is 11.6 Å². The molecule has 1 saturated heterocycles. The number of hydrogen-bond acceptors (Lipinski definition) is 8. The summed E-state index contributed by atoms with van der Waals surface area (Å²) in [6.07, 6.45) is 0. The summed E-state index contributed by atoms with van der Waals surface area (Å²) in [5.41, 5.74) is 0.228. The van der Waals surface area contributed by atoms with Crippen molar-refractivity contribution in [3.05, 3.63) is 36.0 Å². The quantitative estimate of drug-likeness (QED) is 0.653. The molecule has 0 spiro atoms. The van der Waals surface area contributed by atoms with E-state index in [1.807, 2.05) is 14.1 Å². The smallest absolute Gasteiger partial charge is 0.274 e. The minimum atomic E-state index is -3.81. The van der Waals surface area contributed by atoms with Crippen molar-refractivity contribution in [1.29, 1.82) is 0 Å². The molecular weight excluding hydrogens is 410 g/mol. The number of anilines is 1. The van der Waals surface area contributed by atoms with Gasteiger partial charge < -0.3 is 19.3 Å². The Morgan fingerprint density at radius 2 is 1.70 bits per heavy atom. The first-order valence-electron chi connectivity index (χ1n) is 9.30. The largest absolute Gasteiger partial charge is 0.497 e. The molecule has 11 heteroatoms. The van der Waals surface area contributed by atoms with Crippen LogP contribution in [0.15, 0.2) is 35.2 Å². The molecule has 1 aromatic heterocycles. The van der Waals surface area contributed by atoms with Crippen LogP contribution >= 0.6 is 0 Å². The number of carbonyl (C=O) groups is 1. The number of rotatable bonds is 6. The molecule has 0 unspecified atom stereocenters. The zero-order valence-corrected chi connectivity index (χ0v) is 18.2. The van der Waals surface area contributed by atoms with Gasteiger partial charge in [-0.25, -0.2) is 8.42 Å². The fourth-order valence-corrected chi connectivity index (χ4v) is 4.69. The summed E-state index contributed by atoms with van der Waals surface area (Å²) in [5, 5.41) is 8.01. The Hall–Kier alpha value is -2.92. The predicted octanol–water partition coefficient (Wildman–Crippen LogP) is 0.707. The Labute approximate surface area is 176 Å². The zero-order chi connectivity index (χ0) is 21.9. The van der Waals surface area contributed by atoms with Crippen LogP contribution in [0.4, 0.5) is 5.82 Å². The second-order valence-corrected chi connectivity index (χ2v) is 8.79. The molecule has 10 nitrogen and oxygen atoms in total. The van der Waals surface area contributed by atoms with Gasteiger partial charge in [-0.15, -0.1) is 10.2 Å². The third kappa shape index (κ3) is 4.31. The minimum absolute atomic E-state index is 0.0364. The Balaban J connectivity index is 1.72. The average molecular weight is 436 g/mol. The van der Waals surface area contributed by atoms with Crippen LogP contribution in [0.3, 0.4) is 0 Å². The first-order valence-corrected chi connectivity index (χ1v) is 10.7. The maximum atomic E-state index is 13.1. The van der Waals surface area contributed by atoms with Gasteiger partial charge in [-0.05, 0) is 24.3 Å². The molecule has 1 aromatic carbocycles. The van der Waals surface area contributed by atoms with Gasteiger partial charge in [0.05, 0.1) is 14.2 Å². The predicted molar refractivity (Wildman–Crippen MR) is 111 cm³/mol. The van der Waals surface area contributed by atoms with Crippen LogP contribution in [0.5, 0.6) is 11.5 Å². The Bertz CT molecular complexity index is 1000. The van der Waals surface area contributed by atoms with Crippen LogP contribution in [0, 0.1) is 0 Å². The fraction of sp³-hybridized carbons (Fsp3) is 0.421. The van der Waals surface area contributed by atoms with Crippen LogP contribution < -0.4 is 14.4 Å². The summed E-state index contributed by atoms with van der Waals surface area (Å²) >= 11 is 0. The lowest BCUT2D eigenvalue weighted by Gasteiger charge is -2.34. The van der Waals surface area contributed by atoms with Crippen molar-refractivity contribution in [2.24, 2.45) is 0 Å². The molecule has 2 aromatic rings. The number of aromatic nitrogens is 2. The van der Waals surface area contributed by atoms with Crippen molar-refractivity contribution in [2.45, 2.75) is 4.90 Å². The number of hydrogen-bond donors (Lipinski definition) is 0. The first-order chi connectivity index (χ1) is 14.3. The van der Waals surface area contributed by atoms with E-state index in [1.165, 1.54) is 24.6 Å². The second-order valence-electron chi connectivity index (χ2n) is 6.88. The molecule has 30 heavy (non-hydrogen) atoms. The van der Waals surface area contributed by atoms with E-state index in [2.05, 4.69) is 10.2 Å². The van der Waals surface area contributed by atoms with Crippen LogP contribution in [0.1, 0.15) is 10.5 Å². The molecule has 0 bridgehead atoms. The third-order valence-electron chi connectivity index (χ3n) is 4.84. The lowest BCUT2D eigenvalue weighted by atomic mass is 10.3. The van der Waals surface area contributed by atoms with E-state index in [1.54, 1.807) is 34.1 Å². The molecule has 0 saturated carbocycles. The van der Waals surface area contributed by atoms with Crippen LogP contribution in [0.25, 0.3) is 0 Å². The summed E-state index contributed by atoms with van der Waals surface area (Å²) in [5.74, 6) is 1.03. The molecule has 1 amide bonds. The van der Waals surface area contributed by atoms with E-state index in [4.69, 9.17) is 9.47 Å². The molecule has 162 valence electrons. The Morgan fingerprint density at radius 3 is 2.23 bits per heavy atom. The van der Waals surface area contributed by atoms with Gasteiger partial charge in [0.2, 0.25) is 10.0 Å². The number of methoxy groups -OCH3 is 2. The molecule has 0 aliphatic carbocycles. The number of amides is 1. The number of nitrogens with zero attached hydrogens (tertiary/aromatic N) is 5. The lowest BCUT2D eigenvalue weighted by Crippen LogP contribution is -2.50. The Morgan fingerprint density at radius 1 is 1.00 bits per heavy atom.